The highest BCUT2D eigenvalue weighted by Crippen LogP contribution is 2.29. The van der Waals surface area contributed by atoms with Crippen LogP contribution in [0.1, 0.15) is 30.1 Å². The highest BCUT2D eigenvalue weighted by Gasteiger charge is 2.15. The monoisotopic (exact) mass is 447 g/mol. The van der Waals surface area contributed by atoms with Gasteiger partial charge in [0.05, 0.1) is 30.5 Å². The van der Waals surface area contributed by atoms with Crippen molar-refractivity contribution < 1.29 is 14.3 Å². The maximum Gasteiger partial charge on any atom is 0.257 e. The van der Waals surface area contributed by atoms with Gasteiger partial charge in [0.1, 0.15) is 5.75 Å². The van der Waals surface area contributed by atoms with Crippen LogP contribution in [-0.2, 0) is 4.74 Å². The average molecular weight is 448 g/mol. The molecule has 30 heavy (non-hydrogen) atoms. The molecule has 0 aromatic heterocycles. The Balaban J connectivity index is 1.53. The largest absolute Gasteiger partial charge is 0.494 e. The van der Waals surface area contributed by atoms with E-state index in [0.29, 0.717) is 36.1 Å². The van der Waals surface area contributed by atoms with Gasteiger partial charge in [-0.25, -0.2) is 0 Å². The molecule has 2 aromatic rings. The molecule has 3 rings (SSSR count). The first kappa shape index (κ1) is 22.3. The van der Waals surface area contributed by atoms with Crippen molar-refractivity contribution in [1.29, 1.82) is 0 Å². The van der Waals surface area contributed by atoms with Crippen LogP contribution in [0, 0.1) is 0 Å². The Morgan fingerprint density at radius 2 is 1.93 bits per heavy atom. The second-order valence-electron chi connectivity index (χ2n) is 6.90. The molecule has 1 amide bonds. The van der Waals surface area contributed by atoms with Crippen LogP contribution >= 0.6 is 23.8 Å². The number of anilines is 2. The van der Waals surface area contributed by atoms with E-state index in [9.17, 15) is 4.79 Å². The molecule has 0 unspecified atom stereocenters. The second kappa shape index (κ2) is 11.2. The summed E-state index contributed by atoms with van der Waals surface area (Å²) in [6, 6.07) is 12.6. The Labute approximate surface area is 187 Å². The van der Waals surface area contributed by atoms with Crippen LogP contribution in [0.5, 0.6) is 5.75 Å². The third-order valence-electron chi connectivity index (χ3n) is 4.67. The maximum absolute atomic E-state index is 12.4. The Morgan fingerprint density at radius 1 is 1.20 bits per heavy atom. The Bertz CT molecular complexity index is 870. The summed E-state index contributed by atoms with van der Waals surface area (Å²) in [5.41, 5.74) is 2.17. The van der Waals surface area contributed by atoms with E-state index in [1.807, 2.05) is 12.1 Å². The number of nitrogens with one attached hydrogen (secondary N) is 2. The molecule has 1 aliphatic rings. The van der Waals surface area contributed by atoms with Crippen LogP contribution in [0.3, 0.4) is 0 Å². The molecule has 0 bridgehead atoms. The van der Waals surface area contributed by atoms with Crippen molar-refractivity contribution in [2.24, 2.45) is 0 Å². The fraction of sp³-hybridized carbons (Fsp3) is 0.364. The molecule has 6 nitrogen and oxygen atoms in total. The third kappa shape index (κ3) is 6.32. The van der Waals surface area contributed by atoms with Crippen LogP contribution in [0.4, 0.5) is 11.4 Å². The predicted octanol–water partition coefficient (Wildman–Crippen LogP) is 4.48. The zero-order chi connectivity index (χ0) is 21.3. The van der Waals surface area contributed by atoms with Gasteiger partial charge < -0.3 is 19.7 Å². The lowest BCUT2D eigenvalue weighted by molar-refractivity contribution is 0.0977. The number of benzene rings is 2. The fourth-order valence-electron chi connectivity index (χ4n) is 3.02. The summed E-state index contributed by atoms with van der Waals surface area (Å²) >= 11 is 11.7. The molecule has 0 radical (unpaired) electrons. The number of hydrogen-bond donors (Lipinski definition) is 2. The van der Waals surface area contributed by atoms with E-state index in [4.69, 9.17) is 33.3 Å². The van der Waals surface area contributed by atoms with Crippen LogP contribution < -0.4 is 20.3 Å². The number of thiocarbonyl (C=S) groups is 1. The Hall–Kier alpha value is -2.35. The Morgan fingerprint density at radius 3 is 2.60 bits per heavy atom. The number of rotatable bonds is 7. The quantitative estimate of drug-likeness (QED) is 0.482. The zero-order valence-corrected chi connectivity index (χ0v) is 18.5. The molecule has 1 fully saturated rings. The van der Waals surface area contributed by atoms with Gasteiger partial charge in [-0.15, -0.1) is 0 Å². The average Bonchev–Trinajstić information content (AvgIpc) is 2.75. The lowest BCUT2D eigenvalue weighted by Crippen LogP contribution is -2.36. The number of nitrogens with zero attached hydrogens (tertiary/aromatic N) is 1. The highest BCUT2D eigenvalue weighted by atomic mass is 35.5. The van der Waals surface area contributed by atoms with E-state index < -0.39 is 0 Å². The summed E-state index contributed by atoms with van der Waals surface area (Å²) in [5, 5.41) is 6.52. The van der Waals surface area contributed by atoms with Gasteiger partial charge in [-0.1, -0.05) is 24.9 Å². The molecular formula is C22H26ClN3O3S. The second-order valence-corrected chi connectivity index (χ2v) is 7.72. The van der Waals surface area contributed by atoms with Crippen molar-refractivity contribution in [2.75, 3.05) is 43.1 Å². The number of ether oxygens (including phenoxy) is 2. The summed E-state index contributed by atoms with van der Waals surface area (Å²) < 4.78 is 11.0. The zero-order valence-electron chi connectivity index (χ0n) is 16.9. The summed E-state index contributed by atoms with van der Waals surface area (Å²) in [7, 11) is 0. The molecule has 0 atom stereocenters. The number of carbonyl (C=O) groups excluding carboxylic acids is 1. The molecule has 1 saturated heterocycles. The molecule has 1 heterocycles. The van der Waals surface area contributed by atoms with E-state index in [1.165, 1.54) is 0 Å². The van der Waals surface area contributed by atoms with E-state index in [0.717, 1.165) is 37.4 Å². The molecule has 0 aliphatic carbocycles. The molecular weight excluding hydrogens is 422 g/mol. The highest BCUT2D eigenvalue weighted by molar-refractivity contribution is 7.80. The maximum atomic E-state index is 12.4. The molecule has 160 valence electrons. The van der Waals surface area contributed by atoms with E-state index in [-0.39, 0.29) is 11.0 Å². The topological polar surface area (TPSA) is 62.8 Å². The standard InChI is InChI=1S/C22H26ClN3O3S/c1-2-3-12-29-18-7-4-16(5-8-18)21(27)25-22(30)24-17-6-9-20(19(23)15-17)26-10-13-28-14-11-26/h4-9,15H,2-3,10-14H2,1H3,(H2,24,25,27,30). The predicted molar refractivity (Wildman–Crippen MR) is 125 cm³/mol. The third-order valence-corrected chi connectivity index (χ3v) is 5.17. The van der Waals surface area contributed by atoms with Gasteiger partial charge in [-0.05, 0) is 61.1 Å². The van der Waals surface area contributed by atoms with Gasteiger partial charge in [-0.2, -0.15) is 0 Å². The summed E-state index contributed by atoms with van der Waals surface area (Å²) in [6.07, 6.45) is 2.08. The van der Waals surface area contributed by atoms with Crippen LogP contribution in [0.25, 0.3) is 0 Å². The van der Waals surface area contributed by atoms with Crippen molar-refractivity contribution in [2.45, 2.75) is 19.8 Å². The number of amides is 1. The van der Waals surface area contributed by atoms with E-state index in [1.54, 1.807) is 30.3 Å². The van der Waals surface area contributed by atoms with Crippen molar-refractivity contribution in [3.05, 3.63) is 53.1 Å². The van der Waals surface area contributed by atoms with Crippen molar-refractivity contribution in [1.82, 2.24) is 5.32 Å². The van der Waals surface area contributed by atoms with E-state index in [2.05, 4.69) is 22.5 Å². The number of carbonyl (C=O) groups is 1. The number of halogens is 1. The van der Waals surface area contributed by atoms with Gasteiger partial charge in [0, 0.05) is 24.3 Å². The smallest absolute Gasteiger partial charge is 0.257 e. The molecule has 2 aromatic carbocycles. The van der Waals surface area contributed by atoms with Crippen LogP contribution in [0.2, 0.25) is 5.02 Å². The van der Waals surface area contributed by atoms with Crippen LogP contribution in [-0.4, -0.2) is 43.9 Å². The normalized spacial score (nSPS) is 13.6. The van der Waals surface area contributed by atoms with Gasteiger partial charge in [-0.3, -0.25) is 10.1 Å². The molecule has 0 spiro atoms. The minimum absolute atomic E-state index is 0.207. The number of hydrogen-bond acceptors (Lipinski definition) is 5. The Kier molecular flexibility index (Phi) is 8.30. The first-order valence-electron chi connectivity index (χ1n) is 10.0. The SMILES string of the molecule is CCCCOc1ccc(C(=O)NC(=S)Nc2ccc(N3CCOCC3)c(Cl)c2)cc1. The van der Waals surface area contributed by atoms with Gasteiger partial charge >= 0.3 is 0 Å². The van der Waals surface area contributed by atoms with Crippen molar-refractivity contribution in [3.63, 3.8) is 0 Å². The lowest BCUT2D eigenvalue weighted by atomic mass is 10.2. The first-order valence-corrected chi connectivity index (χ1v) is 10.8. The summed E-state index contributed by atoms with van der Waals surface area (Å²) in [6.45, 7) is 5.78. The van der Waals surface area contributed by atoms with Crippen molar-refractivity contribution in [3.8, 4) is 5.75 Å². The first-order chi connectivity index (χ1) is 14.6. The molecule has 1 aliphatic heterocycles. The molecule has 2 N–H and O–H groups in total. The van der Waals surface area contributed by atoms with Gasteiger partial charge in [0.2, 0.25) is 0 Å². The molecule has 8 heteroatoms. The van der Waals surface area contributed by atoms with Crippen molar-refractivity contribution >= 4 is 46.2 Å². The minimum atomic E-state index is -0.288. The molecule has 0 saturated carbocycles. The van der Waals surface area contributed by atoms with Crippen LogP contribution in [0.15, 0.2) is 42.5 Å². The lowest BCUT2D eigenvalue weighted by Gasteiger charge is -2.29. The number of morpholine rings is 1. The number of unbranched alkanes of at least 4 members (excludes halogenated alkanes) is 1. The van der Waals surface area contributed by atoms with Gasteiger partial charge in [0.25, 0.3) is 5.91 Å². The summed E-state index contributed by atoms with van der Waals surface area (Å²) in [5.74, 6) is 0.458. The van der Waals surface area contributed by atoms with Gasteiger partial charge in [0.15, 0.2) is 5.11 Å². The minimum Gasteiger partial charge on any atom is -0.494 e. The summed E-state index contributed by atoms with van der Waals surface area (Å²) in [4.78, 5) is 14.6. The van der Waals surface area contributed by atoms with E-state index >= 15 is 0 Å². The fourth-order valence-corrected chi connectivity index (χ4v) is 3.53.